The van der Waals surface area contributed by atoms with Crippen LogP contribution in [0.15, 0.2) is 48.0 Å². The first-order chi connectivity index (χ1) is 10.3. The molecular weight excluding hydrogens is 284 g/mol. The standard InChI is InChI=1S/C14H10N6S/c15-13-17-7-4-10-11(9-3-6-18-14(21)19-9)8-2-1-5-16-12(8)20(10)13/h1-7H,(H2,15,17)(H,18,19,21). The molecule has 4 aromatic heterocycles. The average molecular weight is 294 g/mol. The lowest BCUT2D eigenvalue weighted by Crippen LogP contribution is -1.99. The summed E-state index contributed by atoms with van der Waals surface area (Å²) >= 11 is 4.21. The van der Waals surface area contributed by atoms with Crippen LogP contribution in [0.3, 0.4) is 0 Å². The highest BCUT2D eigenvalue weighted by Gasteiger charge is 2.17. The number of aromatic nitrogens is 5. The third-order valence-corrected chi connectivity index (χ3v) is 3.55. The molecule has 0 spiro atoms. The van der Waals surface area contributed by atoms with Crippen molar-refractivity contribution in [2.75, 3.05) is 5.73 Å². The summed E-state index contributed by atoms with van der Waals surface area (Å²) in [6.07, 6.45) is 5.09. The molecule has 0 bridgehead atoms. The molecular formula is C14H10N6S. The Hall–Kier alpha value is -2.67. The predicted molar refractivity (Wildman–Crippen MR) is 83.2 cm³/mol. The second-order valence-corrected chi connectivity index (χ2v) is 4.92. The van der Waals surface area contributed by atoms with Crippen molar-refractivity contribution in [1.29, 1.82) is 0 Å². The number of nitrogens with zero attached hydrogens (tertiary/aromatic N) is 5. The van der Waals surface area contributed by atoms with Gasteiger partial charge in [-0.25, -0.2) is 19.9 Å². The molecule has 0 unspecified atom stereocenters. The molecule has 0 aromatic carbocycles. The summed E-state index contributed by atoms with van der Waals surface area (Å²) in [5.74, 6) is 0.391. The molecule has 7 heteroatoms. The van der Waals surface area contributed by atoms with E-state index in [1.165, 1.54) is 0 Å². The summed E-state index contributed by atoms with van der Waals surface area (Å²) < 4.78 is 1.82. The molecule has 21 heavy (non-hydrogen) atoms. The Kier molecular flexibility index (Phi) is 2.55. The van der Waals surface area contributed by atoms with Crippen LogP contribution in [0.4, 0.5) is 5.95 Å². The Labute approximate surface area is 125 Å². The topological polar surface area (TPSA) is 82.0 Å². The number of pyridine rings is 1. The van der Waals surface area contributed by atoms with Gasteiger partial charge in [0.1, 0.15) is 5.65 Å². The lowest BCUT2D eigenvalue weighted by atomic mass is 10.1. The van der Waals surface area contributed by atoms with Gasteiger partial charge in [-0.3, -0.25) is 4.40 Å². The fourth-order valence-corrected chi connectivity index (χ4v) is 2.70. The normalized spacial score (nSPS) is 11.3. The van der Waals surface area contributed by atoms with E-state index < -0.39 is 0 Å². The van der Waals surface area contributed by atoms with Crippen molar-refractivity contribution in [1.82, 2.24) is 24.3 Å². The van der Waals surface area contributed by atoms with Crippen molar-refractivity contribution in [3.63, 3.8) is 0 Å². The monoisotopic (exact) mass is 294 g/mol. The van der Waals surface area contributed by atoms with Crippen LogP contribution in [0, 0.1) is 0 Å². The Morgan fingerprint density at radius 2 is 1.86 bits per heavy atom. The van der Waals surface area contributed by atoms with Gasteiger partial charge in [0, 0.05) is 29.5 Å². The highest BCUT2D eigenvalue weighted by molar-refractivity contribution is 7.80. The molecule has 0 saturated carbocycles. The number of nitrogens with two attached hydrogens (primary N) is 1. The maximum absolute atomic E-state index is 6.01. The summed E-state index contributed by atoms with van der Waals surface area (Å²) in [6, 6.07) is 7.62. The number of hydrogen-bond donors (Lipinski definition) is 2. The highest BCUT2D eigenvalue weighted by Crippen LogP contribution is 2.34. The summed E-state index contributed by atoms with van der Waals surface area (Å²) in [5.41, 5.74) is 9.40. The first-order valence-corrected chi connectivity index (χ1v) is 6.72. The third-order valence-electron chi connectivity index (χ3n) is 3.33. The van der Waals surface area contributed by atoms with E-state index in [4.69, 9.17) is 5.73 Å². The zero-order chi connectivity index (χ0) is 14.4. The van der Waals surface area contributed by atoms with E-state index in [9.17, 15) is 0 Å². The molecule has 0 aliphatic carbocycles. The molecule has 4 heterocycles. The number of rotatable bonds is 1. The zero-order valence-electron chi connectivity index (χ0n) is 10.8. The predicted octanol–water partition coefficient (Wildman–Crippen LogP) is 2.21. The lowest BCUT2D eigenvalue weighted by Gasteiger charge is -2.02. The highest BCUT2D eigenvalue weighted by atomic mass is 32.1. The van der Waals surface area contributed by atoms with Gasteiger partial charge in [-0.2, -0.15) is 0 Å². The molecule has 0 radical (unpaired) electrons. The van der Waals surface area contributed by atoms with Gasteiger partial charge in [-0.15, -0.1) is 12.6 Å². The summed E-state index contributed by atoms with van der Waals surface area (Å²) in [7, 11) is 0. The summed E-state index contributed by atoms with van der Waals surface area (Å²) in [5, 5.41) is 1.38. The van der Waals surface area contributed by atoms with Gasteiger partial charge >= 0.3 is 0 Å². The molecule has 0 fully saturated rings. The molecule has 102 valence electrons. The Balaban J connectivity index is 2.23. The molecule has 0 aliphatic heterocycles. The minimum atomic E-state index is 0.391. The molecule has 6 nitrogen and oxygen atoms in total. The van der Waals surface area contributed by atoms with E-state index >= 15 is 0 Å². The molecule has 0 saturated heterocycles. The number of nitrogen functional groups attached to an aromatic ring is 1. The Morgan fingerprint density at radius 1 is 1.00 bits per heavy atom. The van der Waals surface area contributed by atoms with Gasteiger partial charge in [0.2, 0.25) is 5.95 Å². The van der Waals surface area contributed by atoms with E-state index in [1.807, 2.05) is 28.7 Å². The number of fused-ring (bicyclic) bond motifs is 3. The maximum atomic E-state index is 6.01. The molecule has 4 aromatic rings. The van der Waals surface area contributed by atoms with Gasteiger partial charge in [0.15, 0.2) is 5.16 Å². The molecule has 0 aliphatic rings. The van der Waals surface area contributed by atoms with Crippen LogP contribution in [-0.2, 0) is 0 Å². The zero-order valence-corrected chi connectivity index (χ0v) is 11.7. The lowest BCUT2D eigenvalue weighted by molar-refractivity contribution is 0.982. The quantitative estimate of drug-likeness (QED) is 0.415. The fraction of sp³-hybridized carbons (Fsp3) is 0. The number of hydrogen-bond acceptors (Lipinski definition) is 6. The van der Waals surface area contributed by atoms with Crippen LogP contribution in [-0.4, -0.2) is 24.3 Å². The first-order valence-electron chi connectivity index (χ1n) is 6.28. The summed E-state index contributed by atoms with van der Waals surface area (Å²) in [6.45, 7) is 0. The van der Waals surface area contributed by atoms with Crippen molar-refractivity contribution in [2.45, 2.75) is 5.16 Å². The van der Waals surface area contributed by atoms with Gasteiger partial charge < -0.3 is 5.73 Å². The largest absolute Gasteiger partial charge is 0.369 e. The first kappa shape index (κ1) is 12.1. The van der Waals surface area contributed by atoms with Crippen molar-refractivity contribution < 1.29 is 0 Å². The SMILES string of the molecule is Nc1nccc2c(-c3ccnc(S)n3)c3cccnc3n12. The minimum Gasteiger partial charge on any atom is -0.369 e. The summed E-state index contributed by atoms with van der Waals surface area (Å²) in [4.78, 5) is 17.0. The number of anilines is 1. The van der Waals surface area contributed by atoms with Crippen LogP contribution in [0.5, 0.6) is 0 Å². The Bertz CT molecular complexity index is 978. The van der Waals surface area contributed by atoms with Crippen molar-refractivity contribution in [3.8, 4) is 11.3 Å². The van der Waals surface area contributed by atoms with E-state index in [1.54, 1.807) is 18.6 Å². The van der Waals surface area contributed by atoms with E-state index in [2.05, 4.69) is 32.6 Å². The van der Waals surface area contributed by atoms with E-state index in [0.717, 1.165) is 27.8 Å². The van der Waals surface area contributed by atoms with Crippen LogP contribution < -0.4 is 5.73 Å². The minimum absolute atomic E-state index is 0.391. The number of thiol groups is 1. The van der Waals surface area contributed by atoms with E-state index in [0.29, 0.717) is 11.1 Å². The van der Waals surface area contributed by atoms with Crippen LogP contribution in [0.1, 0.15) is 0 Å². The van der Waals surface area contributed by atoms with Crippen molar-refractivity contribution in [3.05, 3.63) is 42.9 Å². The second kappa shape index (κ2) is 4.42. The average Bonchev–Trinajstić information content (AvgIpc) is 2.83. The van der Waals surface area contributed by atoms with Crippen molar-refractivity contribution in [2.24, 2.45) is 0 Å². The van der Waals surface area contributed by atoms with Gasteiger partial charge in [-0.1, -0.05) is 0 Å². The smallest absolute Gasteiger partial charge is 0.206 e. The van der Waals surface area contributed by atoms with Crippen LogP contribution >= 0.6 is 12.6 Å². The third kappa shape index (κ3) is 1.74. The molecule has 0 atom stereocenters. The van der Waals surface area contributed by atoms with Gasteiger partial charge in [0.05, 0.1) is 11.2 Å². The fourth-order valence-electron chi connectivity index (χ4n) is 2.52. The van der Waals surface area contributed by atoms with Gasteiger partial charge in [-0.05, 0) is 24.3 Å². The van der Waals surface area contributed by atoms with E-state index in [-0.39, 0.29) is 0 Å². The van der Waals surface area contributed by atoms with Crippen LogP contribution in [0.25, 0.3) is 27.8 Å². The van der Waals surface area contributed by atoms with Gasteiger partial charge in [0.25, 0.3) is 0 Å². The second-order valence-electron chi connectivity index (χ2n) is 4.52. The molecule has 4 rings (SSSR count). The van der Waals surface area contributed by atoms with Crippen LogP contribution in [0.2, 0.25) is 0 Å². The molecule has 0 amide bonds. The Morgan fingerprint density at radius 3 is 2.71 bits per heavy atom. The van der Waals surface area contributed by atoms with Crippen molar-refractivity contribution >= 4 is 35.1 Å². The maximum Gasteiger partial charge on any atom is 0.206 e. The molecule has 2 N–H and O–H groups in total.